The number of nitrogens with zero attached hydrogens (tertiary/aromatic N) is 4. The van der Waals surface area contributed by atoms with Gasteiger partial charge >= 0.3 is 0 Å². The molecular weight excluding hydrogens is 462 g/mol. The molecule has 1 unspecified atom stereocenters. The number of aromatic nitrogens is 2. The normalized spacial score (nSPS) is 19.3. The van der Waals surface area contributed by atoms with Crippen LogP contribution in [-0.4, -0.2) is 74.6 Å². The van der Waals surface area contributed by atoms with E-state index in [0.29, 0.717) is 38.3 Å². The number of sulfonamides is 1. The lowest BCUT2D eigenvalue weighted by atomic mass is 10.2. The number of hydrogen-bond acceptors (Lipinski definition) is 8. The highest BCUT2D eigenvalue weighted by Crippen LogP contribution is 2.28. The van der Waals surface area contributed by atoms with Crippen molar-refractivity contribution in [3.8, 4) is 0 Å². The van der Waals surface area contributed by atoms with Crippen LogP contribution in [0.25, 0.3) is 10.3 Å². The molecule has 1 atom stereocenters. The van der Waals surface area contributed by atoms with E-state index in [0.717, 1.165) is 28.3 Å². The van der Waals surface area contributed by atoms with Crippen molar-refractivity contribution >= 4 is 42.7 Å². The molecule has 0 spiro atoms. The molecular formula is C22H25N5O4S2. The zero-order chi connectivity index (χ0) is 22.8. The Morgan fingerprint density at radius 1 is 1.18 bits per heavy atom. The van der Waals surface area contributed by atoms with Crippen molar-refractivity contribution in [2.24, 2.45) is 0 Å². The Bertz CT molecular complexity index is 1220. The van der Waals surface area contributed by atoms with Crippen LogP contribution in [0.4, 0.5) is 5.13 Å². The zero-order valence-electron chi connectivity index (χ0n) is 18.0. The SMILES string of the molecule is O=C(c1cccc(S(=O)(=O)NCC2CCCO2)c1)N1CCN(c2nc3cccnc3s2)CC1. The van der Waals surface area contributed by atoms with E-state index < -0.39 is 10.0 Å². The number of benzene rings is 1. The van der Waals surface area contributed by atoms with Crippen LogP contribution in [0.5, 0.6) is 0 Å². The first-order valence-electron chi connectivity index (χ1n) is 11.0. The highest BCUT2D eigenvalue weighted by atomic mass is 32.2. The maximum absolute atomic E-state index is 13.1. The molecule has 2 saturated heterocycles. The lowest BCUT2D eigenvalue weighted by Crippen LogP contribution is -2.48. The number of hydrogen-bond donors (Lipinski definition) is 1. The molecule has 11 heteroatoms. The van der Waals surface area contributed by atoms with Crippen LogP contribution < -0.4 is 9.62 Å². The zero-order valence-corrected chi connectivity index (χ0v) is 19.6. The Balaban J connectivity index is 1.22. The van der Waals surface area contributed by atoms with E-state index >= 15 is 0 Å². The van der Waals surface area contributed by atoms with Gasteiger partial charge in [-0.2, -0.15) is 0 Å². The number of carbonyl (C=O) groups excluding carboxylic acids is 1. The summed E-state index contributed by atoms with van der Waals surface area (Å²) in [6.45, 7) is 3.30. The molecule has 1 aromatic carbocycles. The summed E-state index contributed by atoms with van der Waals surface area (Å²) >= 11 is 1.55. The largest absolute Gasteiger partial charge is 0.377 e. The number of amides is 1. The Morgan fingerprint density at radius 3 is 2.79 bits per heavy atom. The van der Waals surface area contributed by atoms with Gasteiger partial charge in [-0.15, -0.1) is 0 Å². The fourth-order valence-corrected chi connectivity index (χ4v) is 6.14. The first kappa shape index (κ1) is 22.2. The van der Waals surface area contributed by atoms with Gasteiger partial charge in [0, 0.05) is 51.1 Å². The highest BCUT2D eigenvalue weighted by molar-refractivity contribution is 7.89. The number of pyridine rings is 1. The third-order valence-corrected chi connectivity index (χ3v) is 8.37. The van der Waals surface area contributed by atoms with E-state index in [1.54, 1.807) is 34.6 Å². The van der Waals surface area contributed by atoms with Crippen molar-refractivity contribution < 1.29 is 17.9 Å². The van der Waals surface area contributed by atoms with Crippen molar-refractivity contribution in [2.45, 2.75) is 23.8 Å². The Hall–Kier alpha value is -2.60. The summed E-state index contributed by atoms with van der Waals surface area (Å²) in [6, 6.07) is 10.0. The average Bonchev–Trinajstić information content (AvgIpc) is 3.52. The second kappa shape index (κ2) is 9.34. The molecule has 5 rings (SSSR count). The maximum atomic E-state index is 13.1. The third-order valence-electron chi connectivity index (χ3n) is 5.91. The molecule has 2 fully saturated rings. The van der Waals surface area contributed by atoms with E-state index in [9.17, 15) is 13.2 Å². The molecule has 9 nitrogen and oxygen atoms in total. The Labute approximate surface area is 196 Å². The van der Waals surface area contributed by atoms with Crippen LogP contribution in [0.3, 0.4) is 0 Å². The molecule has 1 N–H and O–H groups in total. The second-order valence-electron chi connectivity index (χ2n) is 8.12. The molecule has 0 saturated carbocycles. The van der Waals surface area contributed by atoms with Gasteiger partial charge in [0.05, 0.1) is 11.0 Å². The first-order valence-corrected chi connectivity index (χ1v) is 13.3. The standard InChI is InChI=1S/C22H25N5O4S2/c28-21(16-4-1-6-18(14-16)33(29,30)24-15-17-5-3-13-31-17)26-9-11-27(12-10-26)22-25-19-7-2-8-23-20(19)32-22/h1-2,4,6-8,14,17,24H,3,5,9-13,15H2. The second-order valence-corrected chi connectivity index (χ2v) is 10.8. The summed E-state index contributed by atoms with van der Waals surface area (Å²) in [5.41, 5.74) is 1.25. The number of anilines is 1. The minimum atomic E-state index is -3.71. The van der Waals surface area contributed by atoms with Crippen molar-refractivity contribution in [3.63, 3.8) is 0 Å². The van der Waals surface area contributed by atoms with Crippen LogP contribution in [0.15, 0.2) is 47.5 Å². The summed E-state index contributed by atoms with van der Waals surface area (Å²) < 4.78 is 33.5. The third kappa shape index (κ3) is 4.86. The number of thiazole rings is 1. The monoisotopic (exact) mass is 487 g/mol. The van der Waals surface area contributed by atoms with Gasteiger partial charge in [0.25, 0.3) is 5.91 Å². The number of fused-ring (bicyclic) bond motifs is 1. The molecule has 2 aliphatic rings. The lowest BCUT2D eigenvalue weighted by Gasteiger charge is -2.34. The van der Waals surface area contributed by atoms with E-state index in [1.165, 1.54) is 12.1 Å². The average molecular weight is 488 g/mol. The first-order chi connectivity index (χ1) is 16.0. The molecule has 0 radical (unpaired) electrons. The molecule has 3 aromatic rings. The number of piperazine rings is 1. The summed E-state index contributed by atoms with van der Waals surface area (Å²) in [5.74, 6) is -0.170. The van der Waals surface area contributed by atoms with Crippen LogP contribution in [0.1, 0.15) is 23.2 Å². The molecule has 2 aliphatic heterocycles. The van der Waals surface area contributed by atoms with Gasteiger partial charge in [0.2, 0.25) is 10.0 Å². The molecule has 0 aliphatic carbocycles. The Kier molecular flexibility index (Phi) is 6.28. The quantitative estimate of drug-likeness (QED) is 0.568. The number of ether oxygens (including phenoxy) is 1. The number of carbonyl (C=O) groups is 1. The number of nitrogens with one attached hydrogen (secondary N) is 1. The van der Waals surface area contributed by atoms with Crippen LogP contribution in [0, 0.1) is 0 Å². The molecule has 0 bridgehead atoms. The molecule has 1 amide bonds. The van der Waals surface area contributed by atoms with Gasteiger partial charge in [-0.3, -0.25) is 4.79 Å². The van der Waals surface area contributed by atoms with E-state index in [2.05, 4.69) is 19.6 Å². The molecule has 33 heavy (non-hydrogen) atoms. The van der Waals surface area contributed by atoms with Crippen molar-refractivity contribution in [3.05, 3.63) is 48.2 Å². The van der Waals surface area contributed by atoms with Gasteiger partial charge < -0.3 is 14.5 Å². The minimum absolute atomic E-state index is 0.0898. The highest BCUT2D eigenvalue weighted by Gasteiger charge is 2.26. The topological polar surface area (TPSA) is 105 Å². The van der Waals surface area contributed by atoms with Crippen LogP contribution in [-0.2, 0) is 14.8 Å². The predicted octanol–water partition coefficient (Wildman–Crippen LogP) is 2.11. The molecule has 4 heterocycles. The van der Waals surface area contributed by atoms with E-state index in [-0.39, 0.29) is 23.5 Å². The van der Waals surface area contributed by atoms with Gasteiger partial charge in [-0.1, -0.05) is 17.4 Å². The van der Waals surface area contributed by atoms with Crippen molar-refractivity contribution in [1.29, 1.82) is 0 Å². The van der Waals surface area contributed by atoms with Gasteiger partial charge in [-0.05, 0) is 43.2 Å². The number of rotatable bonds is 6. The smallest absolute Gasteiger partial charge is 0.254 e. The maximum Gasteiger partial charge on any atom is 0.254 e. The molecule has 2 aromatic heterocycles. The van der Waals surface area contributed by atoms with Gasteiger partial charge in [0.1, 0.15) is 10.3 Å². The summed E-state index contributed by atoms with van der Waals surface area (Å²) in [5, 5.41) is 0.904. The summed E-state index contributed by atoms with van der Waals surface area (Å²) in [4.78, 5) is 27.0. The van der Waals surface area contributed by atoms with E-state index in [1.807, 2.05) is 12.1 Å². The fourth-order valence-electron chi connectivity index (χ4n) is 4.06. The van der Waals surface area contributed by atoms with Crippen LogP contribution in [0.2, 0.25) is 0 Å². The lowest BCUT2D eigenvalue weighted by molar-refractivity contribution is 0.0746. The minimum Gasteiger partial charge on any atom is -0.377 e. The summed E-state index contributed by atoms with van der Waals surface area (Å²) in [7, 11) is -3.71. The Morgan fingerprint density at radius 2 is 2.03 bits per heavy atom. The van der Waals surface area contributed by atoms with Crippen molar-refractivity contribution in [1.82, 2.24) is 19.6 Å². The summed E-state index contributed by atoms with van der Waals surface area (Å²) in [6.07, 6.45) is 3.46. The van der Waals surface area contributed by atoms with Crippen molar-refractivity contribution in [2.75, 3.05) is 44.2 Å². The van der Waals surface area contributed by atoms with E-state index in [4.69, 9.17) is 4.74 Å². The molecule has 174 valence electrons. The fraction of sp³-hybridized carbons (Fsp3) is 0.409. The van der Waals surface area contributed by atoms with Crippen LogP contribution >= 0.6 is 11.3 Å². The van der Waals surface area contributed by atoms with Gasteiger partial charge in [-0.25, -0.2) is 23.1 Å². The predicted molar refractivity (Wildman–Crippen MR) is 126 cm³/mol. The van der Waals surface area contributed by atoms with Gasteiger partial charge in [0.15, 0.2) is 5.13 Å².